The molecule has 1 fully saturated rings. The summed E-state index contributed by atoms with van der Waals surface area (Å²) in [7, 11) is 0. The molecule has 1 aromatic carbocycles. The smallest absolute Gasteiger partial charge is 0.229 e. The molecule has 0 bridgehead atoms. The third-order valence-electron chi connectivity index (χ3n) is 5.32. The van der Waals surface area contributed by atoms with E-state index in [9.17, 15) is 5.11 Å². The Kier molecular flexibility index (Phi) is 6.38. The number of aromatic amines is 1. The van der Waals surface area contributed by atoms with Crippen LogP contribution in [-0.2, 0) is 11.3 Å². The highest BCUT2D eigenvalue weighted by Gasteiger charge is 2.18. The molecule has 9 heteroatoms. The Hall–Kier alpha value is -3.04. The van der Waals surface area contributed by atoms with E-state index in [1.165, 1.54) is 5.56 Å². The van der Waals surface area contributed by atoms with Crippen LogP contribution in [0.3, 0.4) is 0 Å². The summed E-state index contributed by atoms with van der Waals surface area (Å²) in [6.45, 7) is 10.7. The van der Waals surface area contributed by atoms with Crippen molar-refractivity contribution in [3.63, 3.8) is 0 Å². The topological polar surface area (TPSA) is 108 Å². The van der Waals surface area contributed by atoms with Crippen molar-refractivity contribution in [3.05, 3.63) is 41.2 Å². The molecule has 32 heavy (non-hydrogen) atoms. The first-order chi connectivity index (χ1) is 15.3. The Bertz CT molecular complexity index is 1110. The molecule has 0 amide bonds. The zero-order chi connectivity index (χ0) is 22.7. The standard InChI is InChI=1S/C23H30N6O3/c1-15-16(2)25-20-6-5-17(11-19(15)20)28-24-13-18-12-21(32-14-23(3,4)30)27-22(26-18)29-7-9-31-10-8-29/h5-6,11-12,25,30H,7-10,13-14H2,1-4H3. The first kappa shape index (κ1) is 22.2. The fourth-order valence-corrected chi connectivity index (χ4v) is 3.47. The van der Waals surface area contributed by atoms with E-state index in [0.29, 0.717) is 50.4 Å². The van der Waals surface area contributed by atoms with Crippen LogP contribution >= 0.6 is 0 Å². The van der Waals surface area contributed by atoms with Gasteiger partial charge in [0.1, 0.15) is 13.2 Å². The highest BCUT2D eigenvalue weighted by Crippen LogP contribution is 2.26. The third kappa shape index (κ3) is 5.41. The first-order valence-electron chi connectivity index (χ1n) is 10.8. The quantitative estimate of drug-likeness (QED) is 0.543. The maximum atomic E-state index is 10.00. The molecule has 0 saturated carbocycles. The number of aliphatic hydroxyl groups is 1. The van der Waals surface area contributed by atoms with Gasteiger partial charge in [0.2, 0.25) is 11.8 Å². The Morgan fingerprint density at radius 2 is 1.97 bits per heavy atom. The van der Waals surface area contributed by atoms with Crippen molar-refractivity contribution in [1.29, 1.82) is 0 Å². The van der Waals surface area contributed by atoms with Gasteiger partial charge in [0.05, 0.1) is 30.2 Å². The van der Waals surface area contributed by atoms with Crippen molar-refractivity contribution in [2.75, 3.05) is 37.8 Å². The van der Waals surface area contributed by atoms with Gasteiger partial charge < -0.3 is 24.5 Å². The maximum absolute atomic E-state index is 10.00. The molecule has 0 unspecified atom stereocenters. The average molecular weight is 439 g/mol. The number of aromatic nitrogens is 3. The van der Waals surface area contributed by atoms with Crippen molar-refractivity contribution in [3.8, 4) is 5.88 Å². The lowest BCUT2D eigenvalue weighted by atomic mass is 10.1. The number of nitrogens with zero attached hydrogens (tertiary/aromatic N) is 5. The van der Waals surface area contributed by atoms with E-state index < -0.39 is 5.60 Å². The van der Waals surface area contributed by atoms with E-state index in [-0.39, 0.29) is 6.61 Å². The summed E-state index contributed by atoms with van der Waals surface area (Å²) < 4.78 is 11.2. The van der Waals surface area contributed by atoms with Gasteiger partial charge in [-0.2, -0.15) is 15.2 Å². The van der Waals surface area contributed by atoms with Crippen molar-refractivity contribution >= 4 is 22.5 Å². The molecule has 0 spiro atoms. The molecule has 0 aliphatic carbocycles. The molecule has 2 N–H and O–H groups in total. The molecule has 0 atom stereocenters. The molecule has 0 radical (unpaired) electrons. The van der Waals surface area contributed by atoms with E-state index in [0.717, 1.165) is 22.3 Å². The maximum Gasteiger partial charge on any atom is 0.229 e. The summed E-state index contributed by atoms with van der Waals surface area (Å²) in [4.78, 5) is 14.6. The van der Waals surface area contributed by atoms with Crippen LogP contribution in [0.25, 0.3) is 10.9 Å². The van der Waals surface area contributed by atoms with Crippen molar-refractivity contribution in [2.24, 2.45) is 10.2 Å². The monoisotopic (exact) mass is 438 g/mol. The summed E-state index contributed by atoms with van der Waals surface area (Å²) in [6, 6.07) is 7.75. The Morgan fingerprint density at radius 1 is 1.19 bits per heavy atom. The lowest BCUT2D eigenvalue weighted by Crippen LogP contribution is -2.37. The molecule has 4 rings (SSSR count). The minimum atomic E-state index is -0.961. The van der Waals surface area contributed by atoms with Gasteiger partial charge in [-0.25, -0.2) is 4.98 Å². The second kappa shape index (κ2) is 9.22. The lowest BCUT2D eigenvalue weighted by Gasteiger charge is -2.27. The van der Waals surface area contributed by atoms with Crippen molar-refractivity contribution in [2.45, 2.75) is 39.8 Å². The molecule has 1 saturated heterocycles. The number of rotatable bonds is 7. The third-order valence-corrected chi connectivity index (χ3v) is 5.32. The van der Waals surface area contributed by atoms with Crippen LogP contribution in [0.4, 0.5) is 11.6 Å². The summed E-state index contributed by atoms with van der Waals surface area (Å²) in [5.41, 5.74) is 4.00. The van der Waals surface area contributed by atoms with Crippen LogP contribution in [0, 0.1) is 13.8 Å². The van der Waals surface area contributed by atoms with Crippen LogP contribution in [0.5, 0.6) is 5.88 Å². The van der Waals surface area contributed by atoms with E-state index in [1.807, 2.05) is 18.2 Å². The predicted octanol–water partition coefficient (Wildman–Crippen LogP) is 3.84. The zero-order valence-electron chi connectivity index (χ0n) is 19.1. The van der Waals surface area contributed by atoms with E-state index in [2.05, 4.69) is 43.9 Å². The van der Waals surface area contributed by atoms with Crippen LogP contribution in [-0.4, -0.2) is 58.6 Å². The number of aryl methyl sites for hydroxylation is 2. The van der Waals surface area contributed by atoms with Crippen LogP contribution in [0.1, 0.15) is 30.8 Å². The number of ether oxygens (including phenoxy) is 2. The van der Waals surface area contributed by atoms with Gasteiger partial charge in [0, 0.05) is 35.8 Å². The van der Waals surface area contributed by atoms with Gasteiger partial charge in [0.15, 0.2) is 0 Å². The van der Waals surface area contributed by atoms with Crippen LogP contribution < -0.4 is 9.64 Å². The number of morpholine rings is 1. The molecular formula is C23H30N6O3. The Morgan fingerprint density at radius 3 is 2.72 bits per heavy atom. The number of hydrogen-bond donors (Lipinski definition) is 2. The highest BCUT2D eigenvalue weighted by molar-refractivity contribution is 5.86. The number of nitrogens with one attached hydrogen (secondary N) is 1. The van der Waals surface area contributed by atoms with Gasteiger partial charge in [0.25, 0.3) is 0 Å². The molecule has 1 aliphatic heterocycles. The number of anilines is 1. The number of fused-ring (bicyclic) bond motifs is 1. The second-order valence-corrected chi connectivity index (χ2v) is 8.70. The fraction of sp³-hybridized carbons (Fsp3) is 0.478. The lowest BCUT2D eigenvalue weighted by molar-refractivity contribution is 0.0267. The summed E-state index contributed by atoms with van der Waals surface area (Å²) in [5.74, 6) is 0.986. The summed E-state index contributed by atoms with van der Waals surface area (Å²) in [6.07, 6.45) is 0. The number of hydrogen-bond acceptors (Lipinski definition) is 8. The number of benzene rings is 1. The largest absolute Gasteiger partial charge is 0.474 e. The van der Waals surface area contributed by atoms with Crippen molar-refractivity contribution < 1.29 is 14.6 Å². The van der Waals surface area contributed by atoms with Gasteiger partial charge in [-0.15, -0.1) is 0 Å². The second-order valence-electron chi connectivity index (χ2n) is 8.70. The minimum Gasteiger partial charge on any atom is -0.474 e. The van der Waals surface area contributed by atoms with Gasteiger partial charge in [-0.3, -0.25) is 0 Å². The Labute approximate surface area is 187 Å². The zero-order valence-corrected chi connectivity index (χ0v) is 19.1. The van der Waals surface area contributed by atoms with E-state index >= 15 is 0 Å². The predicted molar refractivity (Wildman–Crippen MR) is 123 cm³/mol. The van der Waals surface area contributed by atoms with Crippen LogP contribution in [0.2, 0.25) is 0 Å². The molecule has 3 heterocycles. The van der Waals surface area contributed by atoms with Crippen LogP contribution in [0.15, 0.2) is 34.5 Å². The number of azo groups is 1. The molecular weight excluding hydrogens is 408 g/mol. The van der Waals surface area contributed by atoms with Gasteiger partial charge in [-0.1, -0.05) is 0 Å². The van der Waals surface area contributed by atoms with Gasteiger partial charge >= 0.3 is 0 Å². The molecule has 3 aromatic rings. The molecule has 2 aromatic heterocycles. The summed E-state index contributed by atoms with van der Waals surface area (Å²) in [5, 5.41) is 19.9. The fourth-order valence-electron chi connectivity index (χ4n) is 3.47. The minimum absolute atomic E-state index is 0.128. The van der Waals surface area contributed by atoms with E-state index in [1.54, 1.807) is 19.9 Å². The van der Waals surface area contributed by atoms with E-state index in [4.69, 9.17) is 9.47 Å². The average Bonchev–Trinajstić information content (AvgIpc) is 3.06. The highest BCUT2D eigenvalue weighted by atomic mass is 16.5. The SMILES string of the molecule is Cc1[nH]c2ccc(N=NCc3cc(OCC(C)(C)O)nc(N4CCOCC4)n3)cc2c1C. The Balaban J connectivity index is 1.54. The molecule has 170 valence electrons. The normalized spacial score (nSPS) is 15.1. The molecule has 1 aliphatic rings. The van der Waals surface area contributed by atoms with Crippen molar-refractivity contribution in [1.82, 2.24) is 15.0 Å². The number of H-pyrrole nitrogens is 1. The van der Waals surface area contributed by atoms with Gasteiger partial charge in [-0.05, 0) is 51.5 Å². The molecule has 9 nitrogen and oxygen atoms in total. The summed E-state index contributed by atoms with van der Waals surface area (Å²) >= 11 is 0. The first-order valence-corrected chi connectivity index (χ1v) is 10.8.